The van der Waals surface area contributed by atoms with Crippen molar-refractivity contribution in [3.8, 4) is 11.1 Å². The van der Waals surface area contributed by atoms with Crippen molar-refractivity contribution in [1.29, 1.82) is 0 Å². The van der Waals surface area contributed by atoms with Crippen molar-refractivity contribution in [2.45, 2.75) is 20.4 Å². The Bertz CT molecular complexity index is 771. The number of aromatic nitrogens is 4. The zero-order valence-corrected chi connectivity index (χ0v) is 13.0. The molecule has 0 unspecified atom stereocenters. The molecule has 22 heavy (non-hydrogen) atoms. The predicted octanol–water partition coefficient (Wildman–Crippen LogP) is 3.11. The third kappa shape index (κ3) is 3.31. The van der Waals surface area contributed by atoms with Crippen LogP contribution in [0.25, 0.3) is 11.1 Å². The molecule has 0 aliphatic heterocycles. The Kier molecular flexibility index (Phi) is 3.87. The number of anilines is 1. The highest BCUT2D eigenvalue weighted by molar-refractivity contribution is 5.62. The Morgan fingerprint density at radius 1 is 1.05 bits per heavy atom. The molecule has 2 aromatic heterocycles. The molecule has 0 spiro atoms. The number of rotatable bonds is 4. The van der Waals surface area contributed by atoms with Crippen molar-refractivity contribution < 1.29 is 0 Å². The van der Waals surface area contributed by atoms with Crippen LogP contribution in [0.2, 0.25) is 0 Å². The normalized spacial score (nSPS) is 10.7. The molecule has 0 radical (unpaired) electrons. The van der Waals surface area contributed by atoms with Crippen LogP contribution < -0.4 is 5.32 Å². The average Bonchev–Trinajstić information content (AvgIpc) is 2.91. The highest BCUT2D eigenvalue weighted by Crippen LogP contribution is 2.20. The molecule has 2 heterocycles. The average molecular weight is 293 g/mol. The van der Waals surface area contributed by atoms with Crippen LogP contribution in [0.4, 0.5) is 5.95 Å². The van der Waals surface area contributed by atoms with Crippen LogP contribution >= 0.6 is 0 Å². The zero-order chi connectivity index (χ0) is 15.5. The van der Waals surface area contributed by atoms with Crippen molar-refractivity contribution >= 4 is 5.95 Å². The minimum atomic E-state index is 0.671. The molecule has 5 nitrogen and oxygen atoms in total. The van der Waals surface area contributed by atoms with E-state index >= 15 is 0 Å². The number of aryl methyl sites for hydroxylation is 3. The summed E-state index contributed by atoms with van der Waals surface area (Å²) >= 11 is 0. The highest BCUT2D eigenvalue weighted by atomic mass is 15.2. The monoisotopic (exact) mass is 293 g/mol. The zero-order valence-electron chi connectivity index (χ0n) is 13.0. The van der Waals surface area contributed by atoms with Crippen LogP contribution in [-0.4, -0.2) is 19.7 Å². The van der Waals surface area contributed by atoms with Gasteiger partial charge in [0.25, 0.3) is 0 Å². The van der Waals surface area contributed by atoms with E-state index in [1.165, 1.54) is 5.56 Å². The largest absolute Gasteiger partial charge is 0.350 e. The number of benzene rings is 1. The molecule has 5 heteroatoms. The lowest BCUT2D eigenvalue weighted by molar-refractivity contribution is 0.768. The third-order valence-corrected chi connectivity index (χ3v) is 3.40. The number of hydrogen-bond donors (Lipinski definition) is 1. The fraction of sp³-hybridized carbons (Fsp3) is 0.235. The van der Waals surface area contributed by atoms with Gasteiger partial charge in [-0.1, -0.05) is 18.2 Å². The molecule has 0 amide bonds. The van der Waals surface area contributed by atoms with Gasteiger partial charge in [-0.3, -0.25) is 4.68 Å². The lowest BCUT2D eigenvalue weighted by atomic mass is 10.1. The SMILES string of the molecule is Cc1cc(C)nc(NCc2cccc(-c3cnn(C)c3)c2)n1. The lowest BCUT2D eigenvalue weighted by Gasteiger charge is -2.08. The first kappa shape index (κ1) is 14.3. The molecule has 0 bridgehead atoms. The molecule has 0 atom stereocenters. The van der Waals surface area contributed by atoms with Gasteiger partial charge in [0.05, 0.1) is 6.20 Å². The third-order valence-electron chi connectivity index (χ3n) is 3.40. The summed E-state index contributed by atoms with van der Waals surface area (Å²) in [7, 11) is 1.92. The van der Waals surface area contributed by atoms with Gasteiger partial charge >= 0.3 is 0 Å². The second-order valence-corrected chi connectivity index (χ2v) is 5.43. The summed E-state index contributed by atoms with van der Waals surface area (Å²) in [4.78, 5) is 8.79. The van der Waals surface area contributed by atoms with Gasteiger partial charge in [0.15, 0.2) is 0 Å². The maximum Gasteiger partial charge on any atom is 0.223 e. The first-order chi connectivity index (χ1) is 10.6. The van der Waals surface area contributed by atoms with Gasteiger partial charge in [-0.05, 0) is 37.1 Å². The van der Waals surface area contributed by atoms with E-state index in [4.69, 9.17) is 0 Å². The molecule has 1 N–H and O–H groups in total. The molecule has 0 saturated heterocycles. The number of nitrogens with one attached hydrogen (secondary N) is 1. The smallest absolute Gasteiger partial charge is 0.223 e. The summed E-state index contributed by atoms with van der Waals surface area (Å²) in [5, 5.41) is 7.50. The minimum Gasteiger partial charge on any atom is -0.350 e. The number of hydrogen-bond acceptors (Lipinski definition) is 4. The van der Waals surface area contributed by atoms with Crippen LogP contribution in [0.3, 0.4) is 0 Å². The van der Waals surface area contributed by atoms with E-state index in [9.17, 15) is 0 Å². The summed E-state index contributed by atoms with van der Waals surface area (Å²) in [5.41, 5.74) is 5.41. The fourth-order valence-electron chi connectivity index (χ4n) is 2.42. The van der Waals surface area contributed by atoms with Crippen LogP contribution in [0.15, 0.2) is 42.7 Å². The molecule has 3 aromatic rings. The van der Waals surface area contributed by atoms with Crippen LogP contribution in [0.1, 0.15) is 17.0 Å². The molecule has 112 valence electrons. The van der Waals surface area contributed by atoms with Crippen LogP contribution in [-0.2, 0) is 13.6 Å². The fourth-order valence-corrected chi connectivity index (χ4v) is 2.42. The standard InChI is InChI=1S/C17H19N5/c1-12-7-13(2)21-17(20-12)18-9-14-5-4-6-15(8-14)16-10-19-22(3)11-16/h4-8,10-11H,9H2,1-3H3,(H,18,20,21). The second kappa shape index (κ2) is 5.97. The Hall–Kier alpha value is -2.69. The summed E-state index contributed by atoms with van der Waals surface area (Å²) in [6, 6.07) is 10.4. The van der Waals surface area contributed by atoms with Crippen molar-refractivity contribution in [2.24, 2.45) is 7.05 Å². The molecule has 0 fully saturated rings. The van der Waals surface area contributed by atoms with E-state index in [1.54, 1.807) is 0 Å². The van der Waals surface area contributed by atoms with E-state index < -0.39 is 0 Å². The van der Waals surface area contributed by atoms with Gasteiger partial charge in [-0.2, -0.15) is 5.10 Å². The Balaban J connectivity index is 1.75. The van der Waals surface area contributed by atoms with Gasteiger partial charge in [-0.25, -0.2) is 9.97 Å². The van der Waals surface area contributed by atoms with Crippen LogP contribution in [0.5, 0.6) is 0 Å². The van der Waals surface area contributed by atoms with Gasteiger partial charge in [-0.15, -0.1) is 0 Å². The maximum atomic E-state index is 4.40. The number of nitrogens with zero attached hydrogens (tertiary/aromatic N) is 4. The molecular formula is C17H19N5. The van der Waals surface area contributed by atoms with Gasteiger partial charge in [0.1, 0.15) is 0 Å². The molecular weight excluding hydrogens is 274 g/mol. The van der Waals surface area contributed by atoms with E-state index in [2.05, 4.69) is 44.6 Å². The summed E-state index contributed by atoms with van der Waals surface area (Å²) in [6.07, 6.45) is 3.89. The van der Waals surface area contributed by atoms with Crippen molar-refractivity contribution in [3.05, 3.63) is 59.7 Å². The topological polar surface area (TPSA) is 55.6 Å². The summed E-state index contributed by atoms with van der Waals surface area (Å²) in [5.74, 6) is 0.671. The molecule has 0 aliphatic rings. The van der Waals surface area contributed by atoms with Crippen molar-refractivity contribution in [2.75, 3.05) is 5.32 Å². The van der Waals surface area contributed by atoms with Crippen molar-refractivity contribution in [1.82, 2.24) is 19.7 Å². The summed E-state index contributed by atoms with van der Waals surface area (Å²) < 4.78 is 1.81. The first-order valence-electron chi connectivity index (χ1n) is 7.24. The highest BCUT2D eigenvalue weighted by Gasteiger charge is 2.03. The maximum absolute atomic E-state index is 4.40. The Labute approximate surface area is 130 Å². The minimum absolute atomic E-state index is 0.671. The quantitative estimate of drug-likeness (QED) is 0.803. The summed E-state index contributed by atoms with van der Waals surface area (Å²) in [6.45, 7) is 4.64. The lowest BCUT2D eigenvalue weighted by Crippen LogP contribution is -2.05. The van der Waals surface area contributed by atoms with Gasteiger partial charge in [0, 0.05) is 36.7 Å². The van der Waals surface area contributed by atoms with E-state index in [1.807, 2.05) is 44.0 Å². The predicted molar refractivity (Wildman–Crippen MR) is 87.5 cm³/mol. The van der Waals surface area contributed by atoms with Crippen molar-refractivity contribution in [3.63, 3.8) is 0 Å². The Morgan fingerprint density at radius 2 is 1.82 bits per heavy atom. The van der Waals surface area contributed by atoms with Gasteiger partial charge in [0.2, 0.25) is 5.95 Å². The van der Waals surface area contributed by atoms with Crippen LogP contribution in [0, 0.1) is 13.8 Å². The Morgan fingerprint density at radius 3 is 2.50 bits per heavy atom. The second-order valence-electron chi connectivity index (χ2n) is 5.43. The molecule has 1 aromatic carbocycles. The molecule has 0 aliphatic carbocycles. The first-order valence-corrected chi connectivity index (χ1v) is 7.24. The molecule has 3 rings (SSSR count). The van der Waals surface area contributed by atoms with Gasteiger partial charge < -0.3 is 5.32 Å². The molecule has 0 saturated carbocycles. The van der Waals surface area contributed by atoms with E-state index in [-0.39, 0.29) is 0 Å². The van der Waals surface area contributed by atoms with E-state index in [0.717, 1.165) is 22.5 Å². The van der Waals surface area contributed by atoms with E-state index in [0.29, 0.717) is 12.5 Å².